The summed E-state index contributed by atoms with van der Waals surface area (Å²) in [5.74, 6) is -2.01. The summed E-state index contributed by atoms with van der Waals surface area (Å²) >= 11 is 5.88. The molecule has 7 heteroatoms. The Morgan fingerprint density at radius 2 is 1.92 bits per heavy atom. The second-order valence-corrected chi connectivity index (χ2v) is 8.69. The van der Waals surface area contributed by atoms with Crippen molar-refractivity contribution in [2.75, 3.05) is 5.32 Å². The Bertz CT molecular complexity index is 892. The van der Waals surface area contributed by atoms with Crippen molar-refractivity contribution in [3.8, 4) is 0 Å². The smallest absolute Gasteiger partial charge is 0.242 e. The highest BCUT2D eigenvalue weighted by molar-refractivity contribution is 7.92. The van der Waals surface area contributed by atoms with Gasteiger partial charge in [0.15, 0.2) is 9.84 Å². The Balaban J connectivity index is 2.21. The molecule has 1 amide bonds. The van der Waals surface area contributed by atoms with Crippen LogP contribution in [0.5, 0.6) is 0 Å². The van der Waals surface area contributed by atoms with Gasteiger partial charge < -0.3 is 5.32 Å². The summed E-state index contributed by atoms with van der Waals surface area (Å²) in [6.07, 6.45) is 0. The molecule has 1 unspecified atom stereocenters. The van der Waals surface area contributed by atoms with Crippen LogP contribution in [0.3, 0.4) is 0 Å². The molecule has 0 spiro atoms. The quantitative estimate of drug-likeness (QED) is 0.847. The van der Waals surface area contributed by atoms with Crippen molar-refractivity contribution in [3.05, 3.63) is 63.9 Å². The molecule has 0 radical (unpaired) electrons. The van der Waals surface area contributed by atoms with E-state index in [-0.39, 0.29) is 10.6 Å². The van der Waals surface area contributed by atoms with Crippen molar-refractivity contribution in [2.45, 2.75) is 31.8 Å². The number of aryl methyl sites for hydroxylation is 2. The third-order valence-electron chi connectivity index (χ3n) is 3.97. The number of anilines is 1. The fraction of sp³-hybridized carbons (Fsp3) is 0.278. The molecule has 2 aromatic carbocycles. The molecule has 25 heavy (non-hydrogen) atoms. The van der Waals surface area contributed by atoms with E-state index in [1.807, 2.05) is 26.0 Å². The fourth-order valence-corrected chi connectivity index (χ4v) is 3.90. The molecule has 0 fully saturated rings. The van der Waals surface area contributed by atoms with Gasteiger partial charge in [0.05, 0.1) is 5.75 Å². The van der Waals surface area contributed by atoms with Gasteiger partial charge in [0.2, 0.25) is 5.91 Å². The summed E-state index contributed by atoms with van der Waals surface area (Å²) in [5, 5.41) is 1.30. The zero-order valence-corrected chi connectivity index (χ0v) is 15.7. The SMILES string of the molecule is Cc1ccc(C)c(NC(=O)C(C)S(=O)(=O)Cc2c(F)cccc2Cl)c1. The number of carbonyl (C=O) groups excluding carboxylic acids is 1. The molecule has 134 valence electrons. The number of halogens is 2. The van der Waals surface area contributed by atoms with Crippen molar-refractivity contribution in [1.29, 1.82) is 0 Å². The summed E-state index contributed by atoms with van der Waals surface area (Å²) in [4.78, 5) is 12.4. The molecule has 2 aromatic rings. The van der Waals surface area contributed by atoms with Crippen molar-refractivity contribution < 1.29 is 17.6 Å². The lowest BCUT2D eigenvalue weighted by Gasteiger charge is -2.16. The summed E-state index contributed by atoms with van der Waals surface area (Å²) in [5.41, 5.74) is 2.18. The van der Waals surface area contributed by atoms with Crippen molar-refractivity contribution >= 4 is 33.0 Å². The first kappa shape index (κ1) is 19.4. The highest BCUT2D eigenvalue weighted by Crippen LogP contribution is 2.24. The van der Waals surface area contributed by atoms with Gasteiger partial charge in [-0.05, 0) is 50.1 Å². The van der Waals surface area contributed by atoms with E-state index in [4.69, 9.17) is 11.6 Å². The molecule has 0 aromatic heterocycles. The number of nitrogens with one attached hydrogen (secondary N) is 1. The standard InChI is InChI=1S/C18H19ClFNO3S/c1-11-7-8-12(2)17(9-11)21-18(22)13(3)25(23,24)10-14-15(19)5-4-6-16(14)20/h4-9,13H,10H2,1-3H3,(H,21,22). The Morgan fingerprint density at radius 1 is 1.24 bits per heavy atom. The number of benzene rings is 2. The van der Waals surface area contributed by atoms with Gasteiger partial charge in [-0.2, -0.15) is 0 Å². The predicted molar refractivity (Wildman–Crippen MR) is 98.0 cm³/mol. The third-order valence-corrected chi connectivity index (χ3v) is 6.30. The molecule has 1 atom stereocenters. The van der Waals surface area contributed by atoms with E-state index in [0.29, 0.717) is 5.69 Å². The molecule has 4 nitrogen and oxygen atoms in total. The van der Waals surface area contributed by atoms with Crippen LogP contribution in [0.25, 0.3) is 0 Å². The van der Waals surface area contributed by atoms with Crippen LogP contribution in [-0.2, 0) is 20.4 Å². The Labute approximate surface area is 151 Å². The van der Waals surface area contributed by atoms with Crippen LogP contribution in [0.4, 0.5) is 10.1 Å². The second kappa shape index (κ2) is 7.54. The van der Waals surface area contributed by atoms with Gasteiger partial charge in [0.1, 0.15) is 11.1 Å². The number of hydrogen-bond donors (Lipinski definition) is 1. The van der Waals surface area contributed by atoms with Gasteiger partial charge in [-0.3, -0.25) is 4.79 Å². The normalized spacial score (nSPS) is 12.7. The van der Waals surface area contributed by atoms with E-state index in [0.717, 1.165) is 17.2 Å². The van der Waals surface area contributed by atoms with Gasteiger partial charge in [0, 0.05) is 16.3 Å². The van der Waals surface area contributed by atoms with Gasteiger partial charge >= 0.3 is 0 Å². The molecular weight excluding hydrogens is 365 g/mol. The number of hydrogen-bond acceptors (Lipinski definition) is 3. The Hall–Kier alpha value is -1.92. The first-order valence-corrected chi connectivity index (χ1v) is 9.73. The predicted octanol–water partition coefficient (Wildman–Crippen LogP) is 4.04. The van der Waals surface area contributed by atoms with Crippen LogP contribution >= 0.6 is 11.6 Å². The molecular formula is C18H19ClFNO3S. The monoisotopic (exact) mass is 383 g/mol. The molecule has 0 saturated heterocycles. The average Bonchev–Trinajstić information content (AvgIpc) is 2.53. The topological polar surface area (TPSA) is 63.2 Å². The third kappa shape index (κ3) is 4.58. The molecule has 0 aliphatic carbocycles. The Morgan fingerprint density at radius 3 is 2.56 bits per heavy atom. The molecule has 0 aliphatic heterocycles. The highest BCUT2D eigenvalue weighted by atomic mass is 35.5. The van der Waals surface area contributed by atoms with Gasteiger partial charge in [-0.25, -0.2) is 12.8 Å². The minimum absolute atomic E-state index is 0.0192. The van der Waals surface area contributed by atoms with Crippen LogP contribution in [0.15, 0.2) is 36.4 Å². The molecule has 0 saturated carbocycles. The second-order valence-electron chi connectivity index (χ2n) is 5.96. The average molecular weight is 384 g/mol. The van der Waals surface area contributed by atoms with Crippen LogP contribution in [0.1, 0.15) is 23.6 Å². The number of sulfone groups is 1. The molecule has 0 aliphatic rings. The highest BCUT2D eigenvalue weighted by Gasteiger charge is 2.30. The molecule has 1 N–H and O–H groups in total. The molecule has 0 bridgehead atoms. The zero-order valence-electron chi connectivity index (χ0n) is 14.1. The number of amides is 1. The Kier molecular flexibility index (Phi) is 5.85. The van der Waals surface area contributed by atoms with E-state index >= 15 is 0 Å². The minimum Gasteiger partial charge on any atom is -0.325 e. The van der Waals surface area contributed by atoms with Crippen LogP contribution in [0, 0.1) is 19.7 Å². The van der Waals surface area contributed by atoms with E-state index in [9.17, 15) is 17.6 Å². The first-order valence-electron chi connectivity index (χ1n) is 7.64. The summed E-state index contributed by atoms with van der Waals surface area (Å²) < 4.78 is 38.8. The number of rotatable bonds is 5. The van der Waals surface area contributed by atoms with E-state index in [1.165, 1.54) is 19.1 Å². The van der Waals surface area contributed by atoms with E-state index < -0.39 is 32.6 Å². The van der Waals surface area contributed by atoms with Crippen molar-refractivity contribution in [2.24, 2.45) is 0 Å². The minimum atomic E-state index is -3.94. The van der Waals surface area contributed by atoms with E-state index in [1.54, 1.807) is 6.07 Å². The molecule has 2 rings (SSSR count). The lowest BCUT2D eigenvalue weighted by Crippen LogP contribution is -2.33. The van der Waals surface area contributed by atoms with Crippen LogP contribution in [-0.4, -0.2) is 19.6 Å². The first-order chi connectivity index (χ1) is 11.6. The van der Waals surface area contributed by atoms with Crippen LogP contribution < -0.4 is 5.32 Å². The maximum Gasteiger partial charge on any atom is 0.242 e. The van der Waals surface area contributed by atoms with Gasteiger partial charge in [-0.15, -0.1) is 0 Å². The summed E-state index contributed by atoms with van der Waals surface area (Å²) in [6.45, 7) is 4.97. The summed E-state index contributed by atoms with van der Waals surface area (Å²) in [6, 6.07) is 9.44. The fourth-order valence-electron chi connectivity index (χ4n) is 2.26. The van der Waals surface area contributed by atoms with Gasteiger partial charge in [0.25, 0.3) is 0 Å². The van der Waals surface area contributed by atoms with Crippen molar-refractivity contribution in [3.63, 3.8) is 0 Å². The maximum atomic E-state index is 13.8. The lowest BCUT2D eigenvalue weighted by molar-refractivity contribution is -0.115. The van der Waals surface area contributed by atoms with Crippen LogP contribution in [0.2, 0.25) is 5.02 Å². The lowest BCUT2D eigenvalue weighted by atomic mass is 10.1. The van der Waals surface area contributed by atoms with Gasteiger partial charge in [-0.1, -0.05) is 29.8 Å². The largest absolute Gasteiger partial charge is 0.325 e. The molecule has 0 heterocycles. The zero-order chi connectivity index (χ0) is 18.8. The van der Waals surface area contributed by atoms with E-state index in [2.05, 4.69) is 5.32 Å². The van der Waals surface area contributed by atoms with Crippen molar-refractivity contribution in [1.82, 2.24) is 0 Å². The summed E-state index contributed by atoms with van der Waals surface area (Å²) in [7, 11) is -3.94. The number of carbonyl (C=O) groups is 1. The maximum absolute atomic E-state index is 13.8.